The van der Waals surface area contributed by atoms with Crippen molar-refractivity contribution < 1.29 is 13.9 Å². The highest BCUT2D eigenvalue weighted by atomic mass is 35.5. The predicted octanol–water partition coefficient (Wildman–Crippen LogP) is 4.42. The number of hydrogen-bond acceptors (Lipinski definition) is 2. The van der Waals surface area contributed by atoms with Gasteiger partial charge in [-0.1, -0.05) is 23.2 Å². The largest absolute Gasteiger partial charge is 0.386 e. The predicted molar refractivity (Wildman–Crippen MR) is 76.3 cm³/mol. The first-order valence-electron chi connectivity index (χ1n) is 5.79. The number of rotatable bonds is 4. The minimum absolute atomic E-state index is 0.0273. The molecule has 0 radical (unpaired) electrons. The second-order valence-electron chi connectivity index (χ2n) is 4.19. The monoisotopic (exact) mass is 317 g/mol. The van der Waals surface area contributed by atoms with Crippen LogP contribution in [0, 0.1) is 11.6 Å². The Kier molecular flexibility index (Phi) is 4.81. The lowest BCUT2D eigenvalue weighted by molar-refractivity contribution is 0.186. The average Bonchev–Trinajstić information content (AvgIpc) is 2.42. The summed E-state index contributed by atoms with van der Waals surface area (Å²) in [6, 6.07) is 7.73. The van der Waals surface area contributed by atoms with E-state index < -0.39 is 17.7 Å². The number of aliphatic hydroxyl groups is 1. The van der Waals surface area contributed by atoms with E-state index in [0.717, 1.165) is 18.2 Å². The Labute approximate surface area is 125 Å². The molecule has 0 heterocycles. The zero-order valence-corrected chi connectivity index (χ0v) is 11.7. The van der Waals surface area contributed by atoms with E-state index in [1.807, 2.05) is 0 Å². The van der Waals surface area contributed by atoms with E-state index in [2.05, 4.69) is 5.32 Å². The van der Waals surface area contributed by atoms with Crippen molar-refractivity contribution in [3.05, 3.63) is 63.6 Å². The molecule has 0 aliphatic carbocycles. The molecule has 0 aliphatic heterocycles. The molecule has 6 heteroatoms. The van der Waals surface area contributed by atoms with E-state index in [0.29, 0.717) is 15.7 Å². The molecule has 2 aromatic rings. The first-order valence-corrected chi connectivity index (χ1v) is 6.55. The lowest BCUT2D eigenvalue weighted by atomic mass is 10.1. The standard InChI is InChI=1S/C14H11Cl2F2NO/c15-8-1-3-11(16)13(5-8)19-7-14(20)10-6-9(17)2-4-12(10)18/h1-6,14,19-20H,7H2. The molecule has 0 aliphatic rings. The maximum Gasteiger partial charge on any atom is 0.129 e. The van der Waals surface area contributed by atoms with Gasteiger partial charge in [-0.25, -0.2) is 8.78 Å². The van der Waals surface area contributed by atoms with Crippen LogP contribution < -0.4 is 5.32 Å². The van der Waals surface area contributed by atoms with Crippen LogP contribution in [0.5, 0.6) is 0 Å². The van der Waals surface area contributed by atoms with Gasteiger partial charge in [0.2, 0.25) is 0 Å². The molecule has 0 spiro atoms. The van der Waals surface area contributed by atoms with Crippen LogP contribution in [-0.4, -0.2) is 11.7 Å². The summed E-state index contributed by atoms with van der Waals surface area (Å²) >= 11 is 11.8. The highest BCUT2D eigenvalue weighted by Gasteiger charge is 2.14. The van der Waals surface area contributed by atoms with Gasteiger partial charge in [0, 0.05) is 17.1 Å². The molecule has 0 fully saturated rings. The zero-order chi connectivity index (χ0) is 14.7. The van der Waals surface area contributed by atoms with Gasteiger partial charge >= 0.3 is 0 Å². The van der Waals surface area contributed by atoms with Gasteiger partial charge in [0.25, 0.3) is 0 Å². The fraction of sp³-hybridized carbons (Fsp3) is 0.143. The highest BCUT2D eigenvalue weighted by molar-refractivity contribution is 6.35. The molecule has 1 unspecified atom stereocenters. The van der Waals surface area contributed by atoms with Crippen LogP contribution in [-0.2, 0) is 0 Å². The first kappa shape index (κ1) is 15.0. The number of anilines is 1. The summed E-state index contributed by atoms with van der Waals surface area (Å²) in [6.07, 6.45) is -1.21. The van der Waals surface area contributed by atoms with Gasteiger partial charge in [0.1, 0.15) is 11.6 Å². The van der Waals surface area contributed by atoms with Crippen molar-refractivity contribution in [2.24, 2.45) is 0 Å². The van der Waals surface area contributed by atoms with E-state index in [1.54, 1.807) is 18.2 Å². The van der Waals surface area contributed by atoms with Crippen molar-refractivity contribution in [3.63, 3.8) is 0 Å². The van der Waals surface area contributed by atoms with Crippen molar-refractivity contribution in [2.75, 3.05) is 11.9 Å². The van der Waals surface area contributed by atoms with E-state index in [1.165, 1.54) is 0 Å². The summed E-state index contributed by atoms with van der Waals surface area (Å²) in [7, 11) is 0. The SMILES string of the molecule is OC(CNc1cc(Cl)ccc1Cl)c1cc(F)ccc1F. The Hall–Kier alpha value is -1.36. The molecule has 2 aromatic carbocycles. The van der Waals surface area contributed by atoms with Crippen LogP contribution >= 0.6 is 23.2 Å². The minimum Gasteiger partial charge on any atom is -0.386 e. The summed E-state index contributed by atoms with van der Waals surface area (Å²) in [5.41, 5.74) is 0.394. The Balaban J connectivity index is 2.10. The molecule has 0 saturated heterocycles. The molecule has 1 atom stereocenters. The summed E-state index contributed by atoms with van der Waals surface area (Å²) in [6.45, 7) is -0.0273. The number of aliphatic hydroxyl groups excluding tert-OH is 1. The van der Waals surface area contributed by atoms with Crippen molar-refractivity contribution in [2.45, 2.75) is 6.10 Å². The first-order chi connectivity index (χ1) is 9.47. The maximum atomic E-state index is 13.5. The lowest BCUT2D eigenvalue weighted by Crippen LogP contribution is -2.14. The van der Waals surface area contributed by atoms with Crippen LogP contribution in [0.1, 0.15) is 11.7 Å². The van der Waals surface area contributed by atoms with Gasteiger partial charge in [-0.3, -0.25) is 0 Å². The van der Waals surface area contributed by atoms with E-state index in [9.17, 15) is 13.9 Å². The summed E-state index contributed by atoms with van der Waals surface area (Å²) in [5.74, 6) is -1.28. The Morgan fingerprint density at radius 1 is 1.10 bits per heavy atom. The zero-order valence-electron chi connectivity index (χ0n) is 10.2. The number of nitrogens with one attached hydrogen (secondary N) is 1. The topological polar surface area (TPSA) is 32.3 Å². The van der Waals surface area contributed by atoms with Gasteiger partial charge in [-0.2, -0.15) is 0 Å². The molecule has 2 rings (SSSR count). The van der Waals surface area contributed by atoms with Gasteiger partial charge in [0.15, 0.2) is 0 Å². The Bertz CT molecular complexity index is 622. The molecule has 2 N–H and O–H groups in total. The van der Waals surface area contributed by atoms with Gasteiger partial charge in [0.05, 0.1) is 16.8 Å². The van der Waals surface area contributed by atoms with E-state index >= 15 is 0 Å². The van der Waals surface area contributed by atoms with Gasteiger partial charge in [-0.15, -0.1) is 0 Å². The van der Waals surface area contributed by atoms with E-state index in [4.69, 9.17) is 23.2 Å². The van der Waals surface area contributed by atoms with Crippen molar-refractivity contribution in [1.29, 1.82) is 0 Å². The molecule has 2 nitrogen and oxygen atoms in total. The van der Waals surface area contributed by atoms with Crippen molar-refractivity contribution in [1.82, 2.24) is 0 Å². The van der Waals surface area contributed by atoms with Crippen LogP contribution in [0.2, 0.25) is 10.0 Å². The molecule has 0 amide bonds. The van der Waals surface area contributed by atoms with Crippen LogP contribution in [0.4, 0.5) is 14.5 Å². The van der Waals surface area contributed by atoms with Gasteiger partial charge in [-0.05, 0) is 36.4 Å². The number of halogens is 4. The minimum atomic E-state index is -1.21. The second kappa shape index (κ2) is 6.39. The average molecular weight is 318 g/mol. The summed E-state index contributed by atoms with van der Waals surface area (Å²) in [5, 5.41) is 13.6. The van der Waals surface area contributed by atoms with Gasteiger partial charge < -0.3 is 10.4 Å². The highest BCUT2D eigenvalue weighted by Crippen LogP contribution is 2.26. The summed E-state index contributed by atoms with van der Waals surface area (Å²) in [4.78, 5) is 0. The number of benzene rings is 2. The Morgan fingerprint density at radius 3 is 2.60 bits per heavy atom. The molecule has 106 valence electrons. The molecular weight excluding hydrogens is 307 g/mol. The fourth-order valence-electron chi connectivity index (χ4n) is 1.72. The molecular formula is C14H11Cl2F2NO. The molecule has 20 heavy (non-hydrogen) atoms. The summed E-state index contributed by atoms with van der Waals surface area (Å²) < 4.78 is 26.5. The Morgan fingerprint density at radius 2 is 1.85 bits per heavy atom. The normalized spacial score (nSPS) is 12.2. The van der Waals surface area contributed by atoms with Crippen LogP contribution in [0.25, 0.3) is 0 Å². The third kappa shape index (κ3) is 3.60. The molecule has 0 saturated carbocycles. The third-order valence-corrected chi connectivity index (χ3v) is 3.30. The quantitative estimate of drug-likeness (QED) is 0.875. The third-order valence-electron chi connectivity index (χ3n) is 2.73. The van der Waals surface area contributed by atoms with Crippen molar-refractivity contribution in [3.8, 4) is 0 Å². The van der Waals surface area contributed by atoms with Crippen LogP contribution in [0.3, 0.4) is 0 Å². The smallest absolute Gasteiger partial charge is 0.129 e. The maximum absolute atomic E-state index is 13.5. The fourth-order valence-corrected chi connectivity index (χ4v) is 2.08. The molecule has 0 bridgehead atoms. The van der Waals surface area contributed by atoms with Crippen LogP contribution in [0.15, 0.2) is 36.4 Å². The molecule has 0 aromatic heterocycles. The van der Waals surface area contributed by atoms with E-state index in [-0.39, 0.29) is 12.1 Å². The number of hydrogen-bond donors (Lipinski definition) is 2. The van der Waals surface area contributed by atoms with Crippen molar-refractivity contribution >= 4 is 28.9 Å². The lowest BCUT2D eigenvalue weighted by Gasteiger charge is -2.15. The second-order valence-corrected chi connectivity index (χ2v) is 5.03.